The number of aliphatic hydroxyl groups excluding tert-OH is 1. The second-order valence-corrected chi connectivity index (χ2v) is 5.99. The van der Waals surface area contributed by atoms with Gasteiger partial charge in [0.1, 0.15) is 5.82 Å². The van der Waals surface area contributed by atoms with E-state index in [9.17, 15) is 14.3 Å². The van der Waals surface area contributed by atoms with Crippen LogP contribution in [0.4, 0.5) is 4.39 Å². The van der Waals surface area contributed by atoms with E-state index in [1.807, 2.05) is 19.1 Å². The largest absolute Gasteiger partial charge is 0.391 e. The Hall–Kier alpha value is -2.27. The van der Waals surface area contributed by atoms with Gasteiger partial charge in [0.15, 0.2) is 0 Å². The molecule has 5 heteroatoms. The van der Waals surface area contributed by atoms with E-state index in [-0.39, 0.29) is 24.2 Å². The van der Waals surface area contributed by atoms with E-state index < -0.39 is 6.10 Å². The van der Waals surface area contributed by atoms with Gasteiger partial charge in [0.2, 0.25) is 5.91 Å². The lowest BCUT2D eigenvalue weighted by Crippen LogP contribution is -2.33. The molecule has 1 aromatic heterocycles. The van der Waals surface area contributed by atoms with Crippen molar-refractivity contribution in [1.29, 1.82) is 0 Å². The summed E-state index contributed by atoms with van der Waals surface area (Å²) in [5, 5.41) is 9.96. The number of halogens is 1. The highest BCUT2D eigenvalue weighted by atomic mass is 19.1. The van der Waals surface area contributed by atoms with Gasteiger partial charge < -0.3 is 10.0 Å². The first-order chi connectivity index (χ1) is 11.0. The van der Waals surface area contributed by atoms with Crippen molar-refractivity contribution in [2.24, 2.45) is 0 Å². The van der Waals surface area contributed by atoms with E-state index in [0.29, 0.717) is 13.0 Å². The van der Waals surface area contributed by atoms with E-state index in [4.69, 9.17) is 0 Å². The molecular formula is C18H19FN2O2. The summed E-state index contributed by atoms with van der Waals surface area (Å²) in [6.07, 6.45) is 1.87. The first-order valence-corrected chi connectivity index (χ1v) is 7.67. The molecule has 1 fully saturated rings. The van der Waals surface area contributed by atoms with Crippen LogP contribution in [0, 0.1) is 12.7 Å². The molecule has 0 bridgehead atoms. The molecular weight excluding hydrogens is 295 g/mol. The van der Waals surface area contributed by atoms with Gasteiger partial charge in [-0.25, -0.2) is 4.39 Å². The molecule has 0 radical (unpaired) electrons. The van der Waals surface area contributed by atoms with Crippen LogP contribution in [-0.2, 0) is 11.2 Å². The third-order valence-corrected chi connectivity index (χ3v) is 4.18. The van der Waals surface area contributed by atoms with Crippen LogP contribution in [0.15, 0.2) is 42.6 Å². The van der Waals surface area contributed by atoms with Crippen molar-refractivity contribution in [1.82, 2.24) is 9.88 Å². The monoisotopic (exact) mass is 314 g/mol. The lowest BCUT2D eigenvalue weighted by molar-refractivity contribution is -0.131. The van der Waals surface area contributed by atoms with E-state index in [0.717, 1.165) is 16.8 Å². The van der Waals surface area contributed by atoms with E-state index in [1.54, 1.807) is 23.2 Å². The van der Waals surface area contributed by atoms with Crippen LogP contribution in [0.25, 0.3) is 0 Å². The number of amides is 1. The summed E-state index contributed by atoms with van der Waals surface area (Å²) < 4.78 is 13.1. The molecule has 1 N–H and O–H groups in total. The van der Waals surface area contributed by atoms with E-state index >= 15 is 0 Å². The minimum Gasteiger partial charge on any atom is -0.391 e. The molecule has 0 aliphatic carbocycles. The van der Waals surface area contributed by atoms with Crippen LogP contribution in [0.3, 0.4) is 0 Å². The van der Waals surface area contributed by atoms with Crippen LogP contribution in [0.2, 0.25) is 0 Å². The number of hydrogen-bond acceptors (Lipinski definition) is 3. The minimum absolute atomic E-state index is 0.0541. The Kier molecular flexibility index (Phi) is 4.39. The maximum Gasteiger partial charge on any atom is 0.227 e. The van der Waals surface area contributed by atoms with Gasteiger partial charge in [-0.05, 0) is 42.7 Å². The highest BCUT2D eigenvalue weighted by Crippen LogP contribution is 2.32. The summed E-state index contributed by atoms with van der Waals surface area (Å²) in [4.78, 5) is 18.5. The summed E-state index contributed by atoms with van der Waals surface area (Å²) in [6, 6.07) is 9.66. The number of carbonyl (C=O) groups excluding carboxylic acids is 1. The molecule has 1 aliphatic heterocycles. The third-order valence-electron chi connectivity index (χ3n) is 4.18. The van der Waals surface area contributed by atoms with Crippen LogP contribution in [-0.4, -0.2) is 33.5 Å². The molecule has 0 saturated carbocycles. The first-order valence-electron chi connectivity index (χ1n) is 7.67. The fourth-order valence-corrected chi connectivity index (χ4v) is 2.97. The van der Waals surface area contributed by atoms with Crippen LogP contribution < -0.4 is 0 Å². The van der Waals surface area contributed by atoms with Crippen molar-refractivity contribution in [3.8, 4) is 0 Å². The number of carbonyl (C=O) groups is 1. The average molecular weight is 314 g/mol. The van der Waals surface area contributed by atoms with Gasteiger partial charge in [0, 0.05) is 18.4 Å². The summed E-state index contributed by atoms with van der Waals surface area (Å²) >= 11 is 0. The maximum atomic E-state index is 13.1. The van der Waals surface area contributed by atoms with Crippen LogP contribution in [0.5, 0.6) is 0 Å². The average Bonchev–Trinajstić information content (AvgIpc) is 2.92. The summed E-state index contributed by atoms with van der Waals surface area (Å²) in [7, 11) is 0. The van der Waals surface area contributed by atoms with Crippen molar-refractivity contribution in [2.75, 3.05) is 6.54 Å². The van der Waals surface area contributed by atoms with Gasteiger partial charge in [0.05, 0.1) is 18.6 Å². The fraction of sp³-hybridized carbons (Fsp3) is 0.333. The molecule has 120 valence electrons. The molecule has 0 spiro atoms. The van der Waals surface area contributed by atoms with Gasteiger partial charge in [-0.3, -0.25) is 9.78 Å². The van der Waals surface area contributed by atoms with Crippen molar-refractivity contribution in [2.45, 2.75) is 31.9 Å². The summed E-state index contributed by atoms with van der Waals surface area (Å²) in [6.45, 7) is 2.20. The molecule has 3 rings (SSSR count). The van der Waals surface area contributed by atoms with Crippen molar-refractivity contribution in [3.05, 3.63) is 65.2 Å². The standard InChI is InChI=1S/C18H19FN2O2/c1-12-2-3-13(10-20-12)8-18(23)21-11-16(22)9-17(21)14-4-6-15(19)7-5-14/h2-7,10,16-17,22H,8-9,11H2,1H3. The Morgan fingerprint density at radius 2 is 2.04 bits per heavy atom. The topological polar surface area (TPSA) is 53.4 Å². The van der Waals surface area contributed by atoms with Gasteiger partial charge in [0.25, 0.3) is 0 Å². The Bertz CT molecular complexity index is 685. The lowest BCUT2D eigenvalue weighted by Gasteiger charge is -2.25. The number of aromatic nitrogens is 1. The molecule has 2 heterocycles. The quantitative estimate of drug-likeness (QED) is 0.946. The van der Waals surface area contributed by atoms with Crippen LogP contribution in [0.1, 0.15) is 29.3 Å². The normalized spacial score (nSPS) is 20.7. The Labute approximate surface area is 134 Å². The highest BCUT2D eigenvalue weighted by Gasteiger charge is 2.35. The van der Waals surface area contributed by atoms with Gasteiger partial charge in [-0.2, -0.15) is 0 Å². The van der Waals surface area contributed by atoms with E-state index in [1.165, 1.54) is 12.1 Å². The number of nitrogens with zero attached hydrogens (tertiary/aromatic N) is 2. The molecule has 1 aliphatic rings. The minimum atomic E-state index is -0.551. The molecule has 1 amide bonds. The highest BCUT2D eigenvalue weighted by molar-refractivity contribution is 5.79. The molecule has 4 nitrogen and oxygen atoms in total. The molecule has 23 heavy (non-hydrogen) atoms. The molecule has 1 aromatic carbocycles. The third kappa shape index (κ3) is 3.56. The number of aliphatic hydroxyl groups is 1. The summed E-state index contributed by atoms with van der Waals surface area (Å²) in [5.41, 5.74) is 2.60. The predicted molar refractivity (Wildman–Crippen MR) is 84.2 cm³/mol. The second kappa shape index (κ2) is 6.46. The number of likely N-dealkylation sites (tertiary alicyclic amines) is 1. The SMILES string of the molecule is Cc1ccc(CC(=O)N2CC(O)CC2c2ccc(F)cc2)cn1. The van der Waals surface area contributed by atoms with Gasteiger partial charge in [-0.15, -0.1) is 0 Å². The number of benzene rings is 1. The van der Waals surface area contributed by atoms with Crippen LogP contribution >= 0.6 is 0 Å². The lowest BCUT2D eigenvalue weighted by atomic mass is 10.0. The number of β-amino-alcohol motifs (C(OH)–C–C–N with tert-alkyl or cyclic N) is 1. The molecule has 2 atom stereocenters. The summed E-state index contributed by atoms with van der Waals surface area (Å²) in [5.74, 6) is -0.363. The Balaban J connectivity index is 1.77. The zero-order valence-electron chi connectivity index (χ0n) is 12.9. The fourth-order valence-electron chi connectivity index (χ4n) is 2.97. The van der Waals surface area contributed by atoms with Crippen molar-refractivity contribution >= 4 is 5.91 Å². The van der Waals surface area contributed by atoms with Gasteiger partial charge in [-0.1, -0.05) is 18.2 Å². The smallest absolute Gasteiger partial charge is 0.227 e. The number of pyridine rings is 1. The Morgan fingerprint density at radius 3 is 2.70 bits per heavy atom. The van der Waals surface area contributed by atoms with Crippen molar-refractivity contribution < 1.29 is 14.3 Å². The second-order valence-electron chi connectivity index (χ2n) is 5.99. The first kappa shape index (κ1) is 15.6. The maximum absolute atomic E-state index is 13.1. The van der Waals surface area contributed by atoms with Gasteiger partial charge >= 0.3 is 0 Å². The zero-order chi connectivity index (χ0) is 16.4. The zero-order valence-corrected chi connectivity index (χ0v) is 12.9. The number of hydrogen-bond donors (Lipinski definition) is 1. The predicted octanol–water partition coefficient (Wildman–Crippen LogP) is 2.41. The number of aryl methyl sites for hydroxylation is 1. The number of rotatable bonds is 3. The van der Waals surface area contributed by atoms with Crippen molar-refractivity contribution in [3.63, 3.8) is 0 Å². The molecule has 2 aromatic rings. The Morgan fingerprint density at radius 1 is 1.30 bits per heavy atom. The molecule has 2 unspecified atom stereocenters. The van der Waals surface area contributed by atoms with E-state index in [2.05, 4.69) is 4.98 Å². The molecule has 1 saturated heterocycles.